The molecule has 0 radical (unpaired) electrons. The summed E-state index contributed by atoms with van der Waals surface area (Å²) in [7, 11) is 1.87. The molecule has 0 aromatic heterocycles. The first-order valence-electron chi connectivity index (χ1n) is 7.19. The first kappa shape index (κ1) is 16.8. The molecule has 21 heavy (non-hydrogen) atoms. The van der Waals surface area contributed by atoms with E-state index in [1.807, 2.05) is 50.1 Å². The Kier molecular flexibility index (Phi) is 6.48. The number of anilines is 1. The van der Waals surface area contributed by atoms with Gasteiger partial charge in [-0.3, -0.25) is 4.79 Å². The average Bonchev–Trinajstić information content (AvgIpc) is 2.47. The van der Waals surface area contributed by atoms with E-state index in [0.29, 0.717) is 0 Å². The average molecular weight is 285 g/mol. The molecule has 1 rings (SSSR count). The maximum absolute atomic E-state index is 12.2. The van der Waals surface area contributed by atoms with Crippen LogP contribution in [0.1, 0.15) is 30.9 Å². The van der Waals surface area contributed by atoms with Crippen LogP contribution in [0.2, 0.25) is 0 Å². The molecule has 112 valence electrons. The second-order valence-corrected chi connectivity index (χ2v) is 5.19. The van der Waals surface area contributed by atoms with Gasteiger partial charge >= 0.3 is 0 Å². The summed E-state index contributed by atoms with van der Waals surface area (Å²) in [6.45, 7) is 6.88. The van der Waals surface area contributed by atoms with Gasteiger partial charge in [0.2, 0.25) is 0 Å². The van der Waals surface area contributed by atoms with E-state index < -0.39 is 0 Å². The van der Waals surface area contributed by atoms with Gasteiger partial charge in [-0.1, -0.05) is 25.5 Å². The van der Waals surface area contributed by atoms with Gasteiger partial charge in [0.05, 0.1) is 0 Å². The fraction of sp³-hybridized carbons (Fsp3) is 0.412. The molecule has 0 saturated carbocycles. The molecule has 0 saturated heterocycles. The normalized spacial score (nSPS) is 10.9. The van der Waals surface area contributed by atoms with Crippen molar-refractivity contribution in [1.29, 1.82) is 5.26 Å². The van der Waals surface area contributed by atoms with Gasteiger partial charge in [-0.25, -0.2) is 0 Å². The van der Waals surface area contributed by atoms with Crippen LogP contribution in [-0.4, -0.2) is 24.4 Å². The van der Waals surface area contributed by atoms with Crippen molar-refractivity contribution in [2.45, 2.75) is 33.6 Å². The lowest BCUT2D eigenvalue weighted by molar-refractivity contribution is -0.112. The SMILES string of the molecule is CCCCN(C)/C=C(/C#N)C(=O)Nc1cccc(C)c1C. The van der Waals surface area contributed by atoms with Crippen LogP contribution < -0.4 is 5.32 Å². The number of rotatable bonds is 6. The molecule has 0 atom stereocenters. The number of hydrogen-bond donors (Lipinski definition) is 1. The van der Waals surface area contributed by atoms with Gasteiger partial charge in [-0.05, 0) is 37.5 Å². The number of nitrogens with one attached hydrogen (secondary N) is 1. The highest BCUT2D eigenvalue weighted by molar-refractivity contribution is 6.06. The van der Waals surface area contributed by atoms with E-state index in [1.54, 1.807) is 6.20 Å². The largest absolute Gasteiger partial charge is 0.379 e. The summed E-state index contributed by atoms with van der Waals surface area (Å²) in [4.78, 5) is 14.1. The summed E-state index contributed by atoms with van der Waals surface area (Å²) in [5, 5.41) is 12.0. The third-order valence-corrected chi connectivity index (χ3v) is 3.43. The Morgan fingerprint density at radius 1 is 1.43 bits per heavy atom. The van der Waals surface area contributed by atoms with E-state index in [2.05, 4.69) is 12.2 Å². The second-order valence-electron chi connectivity index (χ2n) is 5.19. The minimum absolute atomic E-state index is 0.120. The molecule has 0 heterocycles. The highest BCUT2D eigenvalue weighted by Gasteiger charge is 2.12. The number of benzene rings is 1. The molecule has 1 N–H and O–H groups in total. The smallest absolute Gasteiger partial charge is 0.267 e. The number of hydrogen-bond acceptors (Lipinski definition) is 3. The number of unbranched alkanes of at least 4 members (excludes halogenated alkanes) is 1. The molecule has 4 heteroatoms. The molecule has 0 fully saturated rings. The van der Waals surface area contributed by atoms with Gasteiger partial charge in [-0.15, -0.1) is 0 Å². The fourth-order valence-electron chi connectivity index (χ4n) is 1.91. The molecule has 0 aliphatic heterocycles. The van der Waals surface area contributed by atoms with Crippen molar-refractivity contribution in [1.82, 2.24) is 4.90 Å². The molecule has 0 aliphatic carbocycles. The minimum atomic E-state index is -0.366. The zero-order valence-corrected chi connectivity index (χ0v) is 13.2. The molecule has 0 bridgehead atoms. The molecule has 1 aromatic carbocycles. The second kappa shape index (κ2) is 8.11. The van der Waals surface area contributed by atoms with Gasteiger partial charge in [0.15, 0.2) is 0 Å². The number of carbonyl (C=O) groups is 1. The van der Waals surface area contributed by atoms with Crippen LogP contribution in [0.5, 0.6) is 0 Å². The lowest BCUT2D eigenvalue weighted by atomic mass is 10.1. The number of nitriles is 1. The Hall–Kier alpha value is -2.28. The van der Waals surface area contributed by atoms with Crippen molar-refractivity contribution >= 4 is 11.6 Å². The van der Waals surface area contributed by atoms with Gasteiger partial charge in [0.25, 0.3) is 5.91 Å². The van der Waals surface area contributed by atoms with E-state index in [-0.39, 0.29) is 11.5 Å². The van der Waals surface area contributed by atoms with E-state index >= 15 is 0 Å². The standard InChI is InChI=1S/C17H23N3O/c1-5-6-10-20(4)12-15(11-18)17(21)19-16-9-7-8-13(2)14(16)3/h7-9,12H,5-6,10H2,1-4H3,(H,19,21)/b15-12-. The van der Waals surface area contributed by atoms with Crippen LogP contribution in [-0.2, 0) is 4.79 Å². The Morgan fingerprint density at radius 3 is 2.76 bits per heavy atom. The zero-order valence-electron chi connectivity index (χ0n) is 13.2. The summed E-state index contributed by atoms with van der Waals surface area (Å²) in [5.41, 5.74) is 2.99. The van der Waals surface area contributed by atoms with E-state index in [1.165, 1.54) is 0 Å². The van der Waals surface area contributed by atoms with Crippen LogP contribution in [0.3, 0.4) is 0 Å². The highest BCUT2D eigenvalue weighted by Crippen LogP contribution is 2.18. The maximum Gasteiger partial charge on any atom is 0.267 e. The molecule has 0 unspecified atom stereocenters. The summed E-state index contributed by atoms with van der Waals surface area (Å²) in [5.74, 6) is -0.366. The minimum Gasteiger partial charge on any atom is -0.379 e. The number of carbonyl (C=O) groups excluding carboxylic acids is 1. The molecule has 1 amide bonds. The third-order valence-electron chi connectivity index (χ3n) is 3.43. The molecule has 1 aromatic rings. The molecule has 0 aliphatic rings. The Labute approximate surface area is 127 Å². The monoisotopic (exact) mass is 285 g/mol. The van der Waals surface area contributed by atoms with Gasteiger partial charge in [0, 0.05) is 25.5 Å². The number of aryl methyl sites for hydroxylation is 1. The van der Waals surface area contributed by atoms with Crippen LogP contribution in [0.25, 0.3) is 0 Å². The lowest BCUT2D eigenvalue weighted by Gasteiger charge is -2.14. The maximum atomic E-state index is 12.2. The van der Waals surface area contributed by atoms with Crippen LogP contribution >= 0.6 is 0 Å². The van der Waals surface area contributed by atoms with E-state index in [9.17, 15) is 4.79 Å². The predicted octanol–water partition coefficient (Wildman–Crippen LogP) is 3.38. The van der Waals surface area contributed by atoms with Crippen molar-refractivity contribution in [3.05, 3.63) is 41.1 Å². The lowest BCUT2D eigenvalue weighted by Crippen LogP contribution is -2.19. The number of amides is 1. The summed E-state index contributed by atoms with van der Waals surface area (Å²) in [6, 6.07) is 7.69. The topological polar surface area (TPSA) is 56.1 Å². The Morgan fingerprint density at radius 2 is 2.14 bits per heavy atom. The van der Waals surface area contributed by atoms with Crippen molar-refractivity contribution in [3.63, 3.8) is 0 Å². The van der Waals surface area contributed by atoms with Crippen LogP contribution in [0, 0.1) is 25.2 Å². The van der Waals surface area contributed by atoms with Gasteiger partial charge in [-0.2, -0.15) is 5.26 Å². The molecule has 4 nitrogen and oxygen atoms in total. The summed E-state index contributed by atoms with van der Waals surface area (Å²) < 4.78 is 0. The highest BCUT2D eigenvalue weighted by atomic mass is 16.1. The zero-order chi connectivity index (χ0) is 15.8. The summed E-state index contributed by atoms with van der Waals surface area (Å²) in [6.07, 6.45) is 3.72. The Bertz CT molecular complexity index is 570. The first-order chi connectivity index (χ1) is 9.99. The molecular weight excluding hydrogens is 262 g/mol. The van der Waals surface area contributed by atoms with Crippen molar-refractivity contribution < 1.29 is 4.79 Å². The first-order valence-corrected chi connectivity index (χ1v) is 7.19. The number of nitrogens with zero attached hydrogens (tertiary/aromatic N) is 2. The van der Waals surface area contributed by atoms with Gasteiger partial charge < -0.3 is 10.2 Å². The van der Waals surface area contributed by atoms with Gasteiger partial charge in [0.1, 0.15) is 11.6 Å². The summed E-state index contributed by atoms with van der Waals surface area (Å²) >= 11 is 0. The third kappa shape index (κ3) is 4.96. The van der Waals surface area contributed by atoms with E-state index in [0.717, 1.165) is 36.2 Å². The quantitative estimate of drug-likeness (QED) is 0.644. The van der Waals surface area contributed by atoms with Crippen molar-refractivity contribution in [2.75, 3.05) is 18.9 Å². The fourth-order valence-corrected chi connectivity index (χ4v) is 1.91. The Balaban J connectivity index is 2.83. The molecule has 0 spiro atoms. The van der Waals surface area contributed by atoms with E-state index in [4.69, 9.17) is 5.26 Å². The van der Waals surface area contributed by atoms with Crippen LogP contribution in [0.15, 0.2) is 30.0 Å². The van der Waals surface area contributed by atoms with Crippen LogP contribution in [0.4, 0.5) is 5.69 Å². The van der Waals surface area contributed by atoms with Crippen molar-refractivity contribution in [3.8, 4) is 6.07 Å². The molecular formula is C17H23N3O. The predicted molar refractivity (Wildman–Crippen MR) is 85.8 cm³/mol. The van der Waals surface area contributed by atoms with Crippen molar-refractivity contribution in [2.24, 2.45) is 0 Å².